The summed E-state index contributed by atoms with van der Waals surface area (Å²) in [6, 6.07) is 15.7. The number of anilines is 1. The highest BCUT2D eigenvalue weighted by atomic mass is 32.1. The molecule has 5 heteroatoms. The standard InChI is InChI=1S/C21H22N2O2S/c1-14(2)12-20(24)22-17-8-4-15(5-9-17)19-13-26-21(23-19)16-6-10-18(25-3)11-7-16/h4-11,13-14H,12H2,1-3H3,(H,22,24). The predicted octanol–water partition coefficient (Wildman–Crippen LogP) is 5.47. The molecule has 0 aliphatic carbocycles. The number of hydrogen-bond donors (Lipinski definition) is 1. The molecule has 0 aliphatic heterocycles. The highest BCUT2D eigenvalue weighted by molar-refractivity contribution is 7.13. The molecule has 1 heterocycles. The molecule has 26 heavy (non-hydrogen) atoms. The zero-order valence-electron chi connectivity index (χ0n) is 15.2. The molecule has 1 aromatic heterocycles. The number of amides is 1. The van der Waals surface area contributed by atoms with Crippen LogP contribution in [0.3, 0.4) is 0 Å². The minimum atomic E-state index is 0.0446. The Balaban J connectivity index is 1.71. The van der Waals surface area contributed by atoms with Crippen molar-refractivity contribution in [3.8, 4) is 27.6 Å². The zero-order chi connectivity index (χ0) is 18.5. The van der Waals surface area contributed by atoms with Crippen molar-refractivity contribution >= 4 is 22.9 Å². The van der Waals surface area contributed by atoms with Gasteiger partial charge in [0.2, 0.25) is 5.91 Å². The molecule has 0 radical (unpaired) electrons. The van der Waals surface area contributed by atoms with Gasteiger partial charge in [0.1, 0.15) is 10.8 Å². The summed E-state index contributed by atoms with van der Waals surface area (Å²) in [5.74, 6) is 1.23. The first-order valence-corrected chi connectivity index (χ1v) is 9.43. The van der Waals surface area contributed by atoms with Gasteiger partial charge in [0.05, 0.1) is 12.8 Å². The van der Waals surface area contributed by atoms with Crippen LogP contribution in [0.1, 0.15) is 20.3 Å². The van der Waals surface area contributed by atoms with E-state index in [1.165, 1.54) is 0 Å². The molecule has 3 rings (SSSR count). The zero-order valence-corrected chi connectivity index (χ0v) is 16.0. The summed E-state index contributed by atoms with van der Waals surface area (Å²) in [5, 5.41) is 5.94. The van der Waals surface area contributed by atoms with E-state index in [4.69, 9.17) is 9.72 Å². The van der Waals surface area contributed by atoms with E-state index in [1.807, 2.05) is 67.8 Å². The molecule has 0 saturated carbocycles. The molecule has 0 spiro atoms. The molecule has 0 aliphatic rings. The molecule has 1 N–H and O–H groups in total. The van der Waals surface area contributed by atoms with E-state index in [0.29, 0.717) is 12.3 Å². The number of benzene rings is 2. The first-order chi connectivity index (χ1) is 12.5. The molecule has 0 saturated heterocycles. The van der Waals surface area contributed by atoms with Crippen molar-refractivity contribution in [3.63, 3.8) is 0 Å². The maximum Gasteiger partial charge on any atom is 0.224 e. The smallest absolute Gasteiger partial charge is 0.224 e. The Hall–Kier alpha value is -2.66. The molecule has 0 atom stereocenters. The van der Waals surface area contributed by atoms with E-state index in [2.05, 4.69) is 5.32 Å². The summed E-state index contributed by atoms with van der Waals surface area (Å²) in [6.45, 7) is 4.07. The summed E-state index contributed by atoms with van der Waals surface area (Å²) >= 11 is 1.61. The first-order valence-electron chi connectivity index (χ1n) is 8.55. The van der Waals surface area contributed by atoms with Crippen molar-refractivity contribution < 1.29 is 9.53 Å². The molecule has 1 amide bonds. The lowest BCUT2D eigenvalue weighted by atomic mass is 10.1. The predicted molar refractivity (Wildman–Crippen MR) is 108 cm³/mol. The topological polar surface area (TPSA) is 51.2 Å². The monoisotopic (exact) mass is 366 g/mol. The lowest BCUT2D eigenvalue weighted by Crippen LogP contribution is -2.13. The number of aromatic nitrogens is 1. The van der Waals surface area contributed by atoms with Crippen molar-refractivity contribution in [2.24, 2.45) is 5.92 Å². The molecular formula is C21H22N2O2S. The van der Waals surface area contributed by atoms with E-state index in [9.17, 15) is 4.79 Å². The minimum absolute atomic E-state index is 0.0446. The van der Waals surface area contributed by atoms with E-state index in [1.54, 1.807) is 18.4 Å². The average Bonchev–Trinajstić information content (AvgIpc) is 3.12. The number of nitrogens with zero attached hydrogens (tertiary/aromatic N) is 1. The Bertz CT molecular complexity index is 868. The third kappa shape index (κ3) is 4.49. The van der Waals surface area contributed by atoms with Gasteiger partial charge in [0.15, 0.2) is 0 Å². The third-order valence-electron chi connectivity index (χ3n) is 3.90. The summed E-state index contributed by atoms with van der Waals surface area (Å²) in [7, 11) is 1.66. The lowest BCUT2D eigenvalue weighted by Gasteiger charge is -2.07. The van der Waals surface area contributed by atoms with Crippen LogP contribution in [-0.2, 0) is 4.79 Å². The number of methoxy groups -OCH3 is 1. The molecule has 4 nitrogen and oxygen atoms in total. The highest BCUT2D eigenvalue weighted by Gasteiger charge is 2.08. The summed E-state index contributed by atoms with van der Waals surface area (Å²) in [6.07, 6.45) is 0.527. The van der Waals surface area contributed by atoms with Crippen LogP contribution in [0, 0.1) is 5.92 Å². The normalized spacial score (nSPS) is 10.8. The Morgan fingerprint density at radius 1 is 1.08 bits per heavy atom. The van der Waals surface area contributed by atoms with Crippen molar-refractivity contribution in [3.05, 3.63) is 53.9 Å². The van der Waals surface area contributed by atoms with Gasteiger partial charge in [-0.15, -0.1) is 11.3 Å². The quantitative estimate of drug-likeness (QED) is 0.629. The Morgan fingerprint density at radius 2 is 1.73 bits per heavy atom. The van der Waals surface area contributed by atoms with Gasteiger partial charge in [-0.3, -0.25) is 4.79 Å². The number of ether oxygens (including phenoxy) is 1. The van der Waals surface area contributed by atoms with Gasteiger partial charge in [-0.05, 0) is 42.3 Å². The van der Waals surface area contributed by atoms with Crippen LogP contribution in [-0.4, -0.2) is 18.0 Å². The van der Waals surface area contributed by atoms with Gasteiger partial charge in [-0.25, -0.2) is 4.98 Å². The van der Waals surface area contributed by atoms with Crippen LogP contribution < -0.4 is 10.1 Å². The second-order valence-corrected chi connectivity index (χ2v) is 7.35. The first kappa shape index (κ1) is 18.1. The third-order valence-corrected chi connectivity index (χ3v) is 4.79. The SMILES string of the molecule is COc1ccc(-c2nc(-c3ccc(NC(=O)CC(C)C)cc3)cs2)cc1. The van der Waals surface area contributed by atoms with Gasteiger partial charge in [-0.2, -0.15) is 0 Å². The number of thiazole rings is 1. The van der Waals surface area contributed by atoms with E-state index < -0.39 is 0 Å². The molecule has 0 fully saturated rings. The van der Waals surface area contributed by atoms with Crippen LogP contribution in [0.15, 0.2) is 53.9 Å². The van der Waals surface area contributed by atoms with Crippen LogP contribution in [0.5, 0.6) is 5.75 Å². The summed E-state index contributed by atoms with van der Waals surface area (Å²) < 4.78 is 5.19. The number of hydrogen-bond acceptors (Lipinski definition) is 4. The molecule has 2 aromatic carbocycles. The van der Waals surface area contributed by atoms with Gasteiger partial charge in [0, 0.05) is 28.6 Å². The molecule has 134 valence electrons. The Kier molecular flexibility index (Phi) is 5.68. The Labute approximate surface area is 157 Å². The maximum absolute atomic E-state index is 11.9. The van der Waals surface area contributed by atoms with Gasteiger partial charge >= 0.3 is 0 Å². The second-order valence-electron chi connectivity index (χ2n) is 6.49. The fraction of sp³-hybridized carbons (Fsp3) is 0.238. The van der Waals surface area contributed by atoms with Crippen LogP contribution >= 0.6 is 11.3 Å². The number of nitrogens with one attached hydrogen (secondary N) is 1. The lowest BCUT2D eigenvalue weighted by molar-refractivity contribution is -0.116. The van der Waals surface area contributed by atoms with E-state index >= 15 is 0 Å². The molecule has 0 bridgehead atoms. The van der Waals surface area contributed by atoms with Gasteiger partial charge in [-0.1, -0.05) is 26.0 Å². The van der Waals surface area contributed by atoms with Crippen molar-refractivity contribution in [2.75, 3.05) is 12.4 Å². The molecule has 3 aromatic rings. The molecular weight excluding hydrogens is 344 g/mol. The van der Waals surface area contributed by atoms with E-state index in [0.717, 1.165) is 33.3 Å². The fourth-order valence-electron chi connectivity index (χ4n) is 2.58. The summed E-state index contributed by atoms with van der Waals surface area (Å²) in [5.41, 5.74) is 3.84. The summed E-state index contributed by atoms with van der Waals surface area (Å²) in [4.78, 5) is 16.6. The highest BCUT2D eigenvalue weighted by Crippen LogP contribution is 2.30. The van der Waals surface area contributed by atoms with Crippen molar-refractivity contribution in [2.45, 2.75) is 20.3 Å². The largest absolute Gasteiger partial charge is 0.497 e. The fourth-order valence-corrected chi connectivity index (χ4v) is 3.41. The van der Waals surface area contributed by atoms with E-state index in [-0.39, 0.29) is 5.91 Å². The van der Waals surface area contributed by atoms with Crippen molar-refractivity contribution in [1.29, 1.82) is 0 Å². The van der Waals surface area contributed by atoms with Crippen LogP contribution in [0.2, 0.25) is 0 Å². The van der Waals surface area contributed by atoms with Gasteiger partial charge < -0.3 is 10.1 Å². The average molecular weight is 366 g/mol. The second kappa shape index (κ2) is 8.15. The van der Waals surface area contributed by atoms with Gasteiger partial charge in [0.25, 0.3) is 0 Å². The minimum Gasteiger partial charge on any atom is -0.497 e. The maximum atomic E-state index is 11.9. The van der Waals surface area contributed by atoms with Crippen LogP contribution in [0.4, 0.5) is 5.69 Å². The number of rotatable bonds is 6. The van der Waals surface area contributed by atoms with Crippen LogP contribution in [0.25, 0.3) is 21.8 Å². The number of carbonyl (C=O) groups is 1. The Morgan fingerprint density at radius 3 is 2.35 bits per heavy atom. The number of carbonyl (C=O) groups excluding carboxylic acids is 1. The molecule has 0 unspecified atom stereocenters. The van der Waals surface area contributed by atoms with Crippen molar-refractivity contribution in [1.82, 2.24) is 4.98 Å².